The first kappa shape index (κ1) is 37.8. The summed E-state index contributed by atoms with van der Waals surface area (Å²) in [6.07, 6.45) is 0. The fraction of sp³-hybridized carbons (Fsp3) is 0.0149. The van der Waals surface area contributed by atoms with Crippen molar-refractivity contribution in [3.8, 4) is 44.5 Å². The monoisotopic (exact) mass is 846 g/mol. The molecule has 0 saturated carbocycles. The van der Waals surface area contributed by atoms with Crippen LogP contribution >= 0.6 is 0 Å². The Morgan fingerprint density at radius 1 is 0.209 bits per heavy atom. The second-order valence-corrected chi connectivity index (χ2v) is 18.2. The Hall–Kier alpha value is -8.58. The first-order chi connectivity index (χ1) is 33.3. The van der Waals surface area contributed by atoms with Crippen LogP contribution in [0.5, 0.6) is 0 Å². The fourth-order valence-corrected chi connectivity index (χ4v) is 12.3. The van der Waals surface area contributed by atoms with Crippen LogP contribution in [-0.4, -0.2) is 0 Å². The summed E-state index contributed by atoms with van der Waals surface area (Å²) in [6.45, 7) is 0. The third-order valence-corrected chi connectivity index (χ3v) is 14.9. The first-order valence-electron chi connectivity index (χ1n) is 23.4. The van der Waals surface area contributed by atoms with Gasteiger partial charge in [0.05, 0.1) is 5.41 Å². The van der Waals surface area contributed by atoms with E-state index in [1.807, 2.05) is 0 Å². The summed E-state index contributed by atoms with van der Waals surface area (Å²) in [4.78, 5) is 0. The minimum Gasteiger partial charge on any atom is -0.0622 e. The molecule has 67 heavy (non-hydrogen) atoms. The van der Waals surface area contributed by atoms with Gasteiger partial charge >= 0.3 is 0 Å². The third kappa shape index (κ3) is 5.36. The summed E-state index contributed by atoms with van der Waals surface area (Å²) in [6, 6.07) is 95.4. The molecule has 0 unspecified atom stereocenters. The topological polar surface area (TPSA) is 0 Å². The van der Waals surface area contributed by atoms with Gasteiger partial charge in [-0.3, -0.25) is 0 Å². The van der Waals surface area contributed by atoms with Gasteiger partial charge in [0.25, 0.3) is 0 Å². The van der Waals surface area contributed by atoms with Crippen LogP contribution in [0.3, 0.4) is 0 Å². The predicted molar refractivity (Wildman–Crippen MR) is 285 cm³/mol. The fourth-order valence-electron chi connectivity index (χ4n) is 12.3. The molecule has 0 spiro atoms. The van der Waals surface area contributed by atoms with Crippen LogP contribution in [0.4, 0.5) is 0 Å². The van der Waals surface area contributed by atoms with Gasteiger partial charge in [0.15, 0.2) is 0 Å². The van der Waals surface area contributed by atoms with Gasteiger partial charge in [-0.15, -0.1) is 0 Å². The molecule has 0 nitrogen and oxygen atoms in total. The Morgan fingerprint density at radius 3 is 1.24 bits per heavy atom. The Labute approximate surface area is 389 Å². The van der Waals surface area contributed by atoms with E-state index in [1.54, 1.807) is 0 Å². The van der Waals surface area contributed by atoms with Crippen molar-refractivity contribution in [1.82, 2.24) is 0 Å². The summed E-state index contributed by atoms with van der Waals surface area (Å²) in [5.41, 5.74) is 14.7. The molecular formula is C67H42. The molecule has 0 aliphatic heterocycles. The van der Waals surface area contributed by atoms with Crippen LogP contribution in [-0.2, 0) is 5.41 Å². The zero-order chi connectivity index (χ0) is 44.1. The molecule has 0 aromatic heterocycles. The van der Waals surface area contributed by atoms with Crippen molar-refractivity contribution in [3.05, 3.63) is 277 Å². The summed E-state index contributed by atoms with van der Waals surface area (Å²) < 4.78 is 0. The van der Waals surface area contributed by atoms with Gasteiger partial charge in [0.1, 0.15) is 0 Å². The van der Waals surface area contributed by atoms with Crippen molar-refractivity contribution in [2.45, 2.75) is 5.41 Å². The maximum atomic E-state index is 2.55. The molecule has 310 valence electrons. The van der Waals surface area contributed by atoms with E-state index in [-0.39, 0.29) is 0 Å². The molecule has 0 heteroatoms. The first-order valence-corrected chi connectivity index (χ1v) is 23.4. The lowest BCUT2D eigenvalue weighted by Gasteiger charge is -2.35. The van der Waals surface area contributed by atoms with Crippen molar-refractivity contribution < 1.29 is 0 Å². The van der Waals surface area contributed by atoms with E-state index >= 15 is 0 Å². The molecule has 1 aliphatic carbocycles. The lowest BCUT2D eigenvalue weighted by molar-refractivity contribution is 0.783. The minimum atomic E-state index is -0.597. The highest BCUT2D eigenvalue weighted by Gasteiger charge is 2.49. The lowest BCUT2D eigenvalue weighted by Crippen LogP contribution is -2.29. The zero-order valence-electron chi connectivity index (χ0n) is 36.7. The van der Waals surface area contributed by atoms with E-state index in [0.717, 1.165) is 0 Å². The summed E-state index contributed by atoms with van der Waals surface area (Å²) in [5, 5.41) is 15.2. The van der Waals surface area contributed by atoms with Gasteiger partial charge in [-0.1, -0.05) is 243 Å². The maximum absolute atomic E-state index is 2.55. The quantitative estimate of drug-likeness (QED) is 0.120. The summed E-state index contributed by atoms with van der Waals surface area (Å²) in [7, 11) is 0. The number of hydrogen-bond acceptors (Lipinski definition) is 0. The molecule has 0 heterocycles. The average molecular weight is 847 g/mol. The average Bonchev–Trinajstić information content (AvgIpc) is 3.73. The molecule has 0 fully saturated rings. The van der Waals surface area contributed by atoms with E-state index in [2.05, 4.69) is 255 Å². The minimum absolute atomic E-state index is 0.597. The van der Waals surface area contributed by atoms with Crippen molar-refractivity contribution >= 4 is 64.6 Å². The molecule has 0 N–H and O–H groups in total. The van der Waals surface area contributed by atoms with Crippen molar-refractivity contribution in [2.24, 2.45) is 0 Å². The largest absolute Gasteiger partial charge is 0.0725 e. The van der Waals surface area contributed by atoms with Crippen LogP contribution in [0, 0.1) is 0 Å². The molecule has 14 rings (SSSR count). The van der Waals surface area contributed by atoms with Gasteiger partial charge in [-0.25, -0.2) is 0 Å². The van der Waals surface area contributed by atoms with Crippen LogP contribution in [0.2, 0.25) is 0 Å². The van der Waals surface area contributed by atoms with Crippen LogP contribution in [0.1, 0.15) is 22.3 Å². The molecular weight excluding hydrogens is 805 g/mol. The summed E-state index contributed by atoms with van der Waals surface area (Å²) >= 11 is 0. The van der Waals surface area contributed by atoms with Gasteiger partial charge in [-0.2, -0.15) is 0 Å². The normalized spacial score (nSPS) is 12.9. The van der Waals surface area contributed by atoms with E-state index in [0.29, 0.717) is 0 Å². The highest BCUT2D eigenvalue weighted by Crippen LogP contribution is 2.62. The van der Waals surface area contributed by atoms with Crippen molar-refractivity contribution in [3.63, 3.8) is 0 Å². The number of rotatable bonds is 5. The Bertz CT molecular complexity index is 4040. The second kappa shape index (κ2) is 14.7. The molecule has 0 atom stereocenters. The SMILES string of the molecule is c1ccc(C2(c3ccccc3)c3c(cc(-c4cccc(-c5c6ccccc6c(-c6cccc7ccccc67)c6ccccc56)c4)c4ccccc34)-c3c2c2ccccc2c2ccccc32)cc1. The Balaban J connectivity index is 1.09. The standard InChI is InChI=1S/C67H42/c1-3-25-46(26-4-1)67(47-27-5-2-6-28-47)65-58-38-17-11-32-51(58)60(42-61(65)64-53-33-12-9-30-49(53)50-31-10-18-39-59(50)66(64)67)44-23-19-24-45(41-44)62-54-34-13-15-36-56(54)63(57-37-16-14-35-55(57)62)52-40-20-22-43-21-7-8-29-48(43)52/h1-42H. The highest BCUT2D eigenvalue weighted by atomic mass is 14.5. The van der Waals surface area contributed by atoms with E-state index in [9.17, 15) is 0 Å². The zero-order valence-corrected chi connectivity index (χ0v) is 36.7. The molecule has 0 radical (unpaired) electrons. The number of hydrogen-bond donors (Lipinski definition) is 0. The third-order valence-electron chi connectivity index (χ3n) is 14.9. The van der Waals surface area contributed by atoms with E-state index < -0.39 is 5.41 Å². The molecule has 0 saturated heterocycles. The van der Waals surface area contributed by atoms with Crippen LogP contribution < -0.4 is 0 Å². The molecule has 0 bridgehead atoms. The van der Waals surface area contributed by atoms with Crippen molar-refractivity contribution in [2.75, 3.05) is 0 Å². The van der Waals surface area contributed by atoms with Gasteiger partial charge < -0.3 is 0 Å². The molecule has 13 aromatic rings. The Kier molecular flexibility index (Phi) is 8.30. The van der Waals surface area contributed by atoms with E-state index in [4.69, 9.17) is 0 Å². The predicted octanol–water partition coefficient (Wildman–Crippen LogP) is 18.0. The van der Waals surface area contributed by atoms with Crippen LogP contribution in [0.25, 0.3) is 109 Å². The molecule has 0 amide bonds. The van der Waals surface area contributed by atoms with Gasteiger partial charge in [-0.05, 0) is 144 Å². The van der Waals surface area contributed by atoms with Crippen molar-refractivity contribution in [1.29, 1.82) is 0 Å². The van der Waals surface area contributed by atoms with Gasteiger partial charge in [0.2, 0.25) is 0 Å². The number of benzene rings is 13. The summed E-state index contributed by atoms with van der Waals surface area (Å²) in [5.74, 6) is 0. The lowest BCUT2D eigenvalue weighted by atomic mass is 9.65. The van der Waals surface area contributed by atoms with Crippen LogP contribution in [0.15, 0.2) is 255 Å². The second-order valence-electron chi connectivity index (χ2n) is 18.2. The highest BCUT2D eigenvalue weighted by molar-refractivity contribution is 6.25. The smallest absolute Gasteiger partial charge is 0.0622 e. The van der Waals surface area contributed by atoms with E-state index in [1.165, 1.54) is 131 Å². The molecule has 13 aromatic carbocycles. The molecule has 1 aliphatic rings. The number of fused-ring (bicyclic) bond motifs is 13. The maximum Gasteiger partial charge on any atom is 0.0725 e. The Morgan fingerprint density at radius 2 is 0.627 bits per heavy atom. The van der Waals surface area contributed by atoms with Gasteiger partial charge in [0, 0.05) is 0 Å².